The minimum absolute atomic E-state index is 0.0206. The van der Waals surface area contributed by atoms with Crippen LogP contribution in [0.25, 0.3) is 0 Å². The number of halogens is 1. The Bertz CT molecular complexity index is 670. The molecule has 0 spiro atoms. The molecular weight excluding hydrogens is 300 g/mol. The molecule has 1 fully saturated rings. The van der Waals surface area contributed by atoms with Gasteiger partial charge in [-0.15, -0.1) is 0 Å². The molecule has 0 aliphatic carbocycles. The fraction of sp³-hybridized carbons (Fsp3) is 0.438. The van der Waals surface area contributed by atoms with Gasteiger partial charge in [0.2, 0.25) is 0 Å². The van der Waals surface area contributed by atoms with Crippen LogP contribution in [-0.2, 0) is 6.54 Å². The summed E-state index contributed by atoms with van der Waals surface area (Å²) in [6.07, 6.45) is 1.94. The van der Waals surface area contributed by atoms with Gasteiger partial charge < -0.3 is 0 Å². The number of hydrogen-bond acceptors (Lipinski definition) is 4. The largest absolute Gasteiger partial charge is 0.295 e. The molecule has 1 saturated heterocycles. The molecule has 116 valence electrons. The summed E-state index contributed by atoms with van der Waals surface area (Å²) >= 11 is 5.98. The Balaban J connectivity index is 1.66. The zero-order chi connectivity index (χ0) is 15.5. The Morgan fingerprint density at radius 2 is 2.36 bits per heavy atom. The number of carbonyl (C=O) groups excluding carboxylic acids is 1. The monoisotopic (exact) mass is 318 g/mol. The van der Waals surface area contributed by atoms with E-state index in [1.807, 2.05) is 19.1 Å². The maximum Gasteiger partial charge on any atom is 0.167 e. The van der Waals surface area contributed by atoms with Crippen molar-refractivity contribution >= 4 is 17.4 Å². The summed E-state index contributed by atoms with van der Waals surface area (Å²) in [5.74, 6) is 1.80. The molecule has 0 amide bonds. The highest BCUT2D eigenvalue weighted by molar-refractivity contribution is 6.31. The van der Waals surface area contributed by atoms with Crippen molar-refractivity contribution in [1.82, 2.24) is 20.1 Å². The maximum atomic E-state index is 12.6. The molecule has 3 rings (SSSR count). The van der Waals surface area contributed by atoms with E-state index in [-0.39, 0.29) is 11.7 Å². The highest BCUT2D eigenvalue weighted by atomic mass is 35.5. The lowest BCUT2D eigenvalue weighted by atomic mass is 9.90. The first-order valence-electron chi connectivity index (χ1n) is 7.52. The van der Waals surface area contributed by atoms with Crippen LogP contribution in [0.15, 0.2) is 24.3 Å². The average Bonchev–Trinajstić information content (AvgIpc) is 2.92. The second-order valence-electron chi connectivity index (χ2n) is 5.79. The van der Waals surface area contributed by atoms with Crippen LogP contribution in [0.1, 0.15) is 34.8 Å². The zero-order valence-corrected chi connectivity index (χ0v) is 13.3. The van der Waals surface area contributed by atoms with Crippen LogP contribution in [0.2, 0.25) is 5.02 Å². The average molecular weight is 319 g/mol. The van der Waals surface area contributed by atoms with Crippen LogP contribution >= 0.6 is 11.6 Å². The minimum Gasteiger partial charge on any atom is -0.295 e. The van der Waals surface area contributed by atoms with Crippen molar-refractivity contribution in [2.45, 2.75) is 26.3 Å². The van der Waals surface area contributed by atoms with Gasteiger partial charge in [-0.05, 0) is 38.4 Å². The lowest BCUT2D eigenvalue weighted by molar-refractivity contribution is 0.0808. The van der Waals surface area contributed by atoms with E-state index in [4.69, 9.17) is 11.6 Å². The Hall–Kier alpha value is -1.72. The molecule has 1 aliphatic heterocycles. The van der Waals surface area contributed by atoms with Crippen molar-refractivity contribution in [3.63, 3.8) is 0 Å². The standard InChI is InChI=1S/C16H19ClN4O/c1-11-18-15(20-19-11)10-21-7-3-5-13(9-21)16(22)12-4-2-6-14(17)8-12/h2,4,6,8,13H,3,5,7,9-10H2,1H3,(H,18,19,20)/t13-/m0/s1. The van der Waals surface area contributed by atoms with Gasteiger partial charge in [0.05, 0.1) is 6.54 Å². The van der Waals surface area contributed by atoms with E-state index < -0.39 is 0 Å². The first kappa shape index (κ1) is 15.2. The fourth-order valence-corrected chi connectivity index (χ4v) is 3.14. The Morgan fingerprint density at radius 1 is 1.50 bits per heavy atom. The summed E-state index contributed by atoms with van der Waals surface area (Å²) in [4.78, 5) is 19.2. The van der Waals surface area contributed by atoms with Gasteiger partial charge in [0, 0.05) is 23.0 Å². The SMILES string of the molecule is Cc1nc(CN2CCC[C@H](C(=O)c3cccc(Cl)c3)C2)n[nH]1. The number of hydrogen-bond donors (Lipinski definition) is 1. The van der Waals surface area contributed by atoms with E-state index in [2.05, 4.69) is 20.1 Å². The predicted molar refractivity (Wildman–Crippen MR) is 84.9 cm³/mol. The van der Waals surface area contributed by atoms with Crippen LogP contribution < -0.4 is 0 Å². The molecule has 0 radical (unpaired) electrons. The second-order valence-corrected chi connectivity index (χ2v) is 6.22. The molecular formula is C16H19ClN4O. The van der Waals surface area contributed by atoms with Crippen LogP contribution in [0, 0.1) is 12.8 Å². The first-order valence-corrected chi connectivity index (χ1v) is 7.89. The molecule has 5 nitrogen and oxygen atoms in total. The molecule has 22 heavy (non-hydrogen) atoms. The number of aromatic nitrogens is 3. The molecule has 1 N–H and O–H groups in total. The highest BCUT2D eigenvalue weighted by Gasteiger charge is 2.27. The van der Waals surface area contributed by atoms with Crippen molar-refractivity contribution in [2.75, 3.05) is 13.1 Å². The van der Waals surface area contributed by atoms with E-state index >= 15 is 0 Å². The highest BCUT2D eigenvalue weighted by Crippen LogP contribution is 2.23. The number of aromatic amines is 1. The van der Waals surface area contributed by atoms with E-state index in [1.165, 1.54) is 0 Å². The van der Waals surface area contributed by atoms with Gasteiger partial charge in [0.1, 0.15) is 5.82 Å². The van der Waals surface area contributed by atoms with Crippen LogP contribution in [0.3, 0.4) is 0 Å². The third kappa shape index (κ3) is 3.54. The summed E-state index contributed by atoms with van der Waals surface area (Å²) in [5.41, 5.74) is 0.702. The van der Waals surface area contributed by atoms with Gasteiger partial charge in [-0.25, -0.2) is 4.98 Å². The number of H-pyrrole nitrogens is 1. The van der Waals surface area contributed by atoms with Gasteiger partial charge in [0.25, 0.3) is 0 Å². The first-order chi connectivity index (χ1) is 10.6. The fourth-order valence-electron chi connectivity index (χ4n) is 2.95. The number of piperidine rings is 1. The number of likely N-dealkylation sites (tertiary alicyclic amines) is 1. The minimum atomic E-state index is 0.0206. The molecule has 6 heteroatoms. The second kappa shape index (κ2) is 6.58. The third-order valence-corrected chi connectivity index (χ3v) is 4.23. The van der Waals surface area contributed by atoms with Crippen LogP contribution in [0.4, 0.5) is 0 Å². The van der Waals surface area contributed by atoms with Gasteiger partial charge in [-0.1, -0.05) is 23.7 Å². The number of rotatable bonds is 4. The van der Waals surface area contributed by atoms with Crippen molar-refractivity contribution in [1.29, 1.82) is 0 Å². The van der Waals surface area contributed by atoms with Gasteiger partial charge in [-0.3, -0.25) is 14.8 Å². The Morgan fingerprint density at radius 3 is 3.09 bits per heavy atom. The quantitative estimate of drug-likeness (QED) is 0.881. The number of benzene rings is 1. The van der Waals surface area contributed by atoms with Crippen molar-refractivity contribution in [3.05, 3.63) is 46.5 Å². The molecule has 2 aromatic rings. The Kier molecular flexibility index (Phi) is 4.55. The predicted octanol–water partition coefficient (Wildman–Crippen LogP) is 2.86. The summed E-state index contributed by atoms with van der Waals surface area (Å²) in [5, 5.41) is 7.63. The van der Waals surface area contributed by atoms with E-state index in [0.29, 0.717) is 17.1 Å². The number of aryl methyl sites for hydroxylation is 1. The maximum absolute atomic E-state index is 12.6. The smallest absolute Gasteiger partial charge is 0.167 e. The lowest BCUT2D eigenvalue weighted by Gasteiger charge is -2.31. The zero-order valence-electron chi connectivity index (χ0n) is 12.6. The summed E-state index contributed by atoms with van der Waals surface area (Å²) in [6.45, 7) is 4.30. The molecule has 1 aromatic carbocycles. The van der Waals surface area contributed by atoms with Gasteiger partial charge in [0.15, 0.2) is 11.6 Å². The molecule has 1 atom stereocenters. The van der Waals surface area contributed by atoms with E-state index in [1.54, 1.807) is 12.1 Å². The summed E-state index contributed by atoms with van der Waals surface area (Å²) < 4.78 is 0. The number of ketones is 1. The van der Waals surface area contributed by atoms with Gasteiger partial charge in [-0.2, -0.15) is 5.10 Å². The van der Waals surface area contributed by atoms with E-state index in [0.717, 1.165) is 37.6 Å². The van der Waals surface area contributed by atoms with Crippen molar-refractivity contribution < 1.29 is 4.79 Å². The third-order valence-electron chi connectivity index (χ3n) is 3.99. The Labute approximate surface area is 134 Å². The molecule has 1 aromatic heterocycles. The van der Waals surface area contributed by atoms with Crippen molar-refractivity contribution in [2.24, 2.45) is 5.92 Å². The summed E-state index contributed by atoms with van der Waals surface area (Å²) in [6, 6.07) is 7.21. The molecule has 0 unspecified atom stereocenters. The summed E-state index contributed by atoms with van der Waals surface area (Å²) in [7, 11) is 0. The topological polar surface area (TPSA) is 61.9 Å². The van der Waals surface area contributed by atoms with E-state index in [9.17, 15) is 4.79 Å². The van der Waals surface area contributed by atoms with Crippen LogP contribution in [0.5, 0.6) is 0 Å². The van der Waals surface area contributed by atoms with Crippen molar-refractivity contribution in [3.8, 4) is 0 Å². The number of nitrogens with one attached hydrogen (secondary N) is 1. The number of Topliss-reactive ketones (excluding diaryl/α,β-unsaturated/α-hetero) is 1. The van der Waals surface area contributed by atoms with Gasteiger partial charge >= 0.3 is 0 Å². The molecule has 0 bridgehead atoms. The molecule has 0 saturated carbocycles. The van der Waals surface area contributed by atoms with Crippen LogP contribution in [-0.4, -0.2) is 39.0 Å². The number of nitrogens with zero attached hydrogens (tertiary/aromatic N) is 3. The molecule has 2 heterocycles. The molecule has 1 aliphatic rings. The lowest BCUT2D eigenvalue weighted by Crippen LogP contribution is -2.38. The number of carbonyl (C=O) groups is 1. The normalized spacial score (nSPS) is 19.3.